The third-order valence-corrected chi connectivity index (χ3v) is 2.41. The van der Waals surface area contributed by atoms with Crippen LogP contribution in [0.3, 0.4) is 0 Å². The highest BCUT2D eigenvalue weighted by Gasteiger charge is 2.07. The summed E-state index contributed by atoms with van der Waals surface area (Å²) in [7, 11) is 0. The van der Waals surface area contributed by atoms with Gasteiger partial charge in [0.25, 0.3) is 0 Å². The van der Waals surface area contributed by atoms with Gasteiger partial charge >= 0.3 is 0 Å². The van der Waals surface area contributed by atoms with Gasteiger partial charge in [-0.2, -0.15) is 0 Å². The Morgan fingerprint density at radius 1 is 1.22 bits per heavy atom. The summed E-state index contributed by atoms with van der Waals surface area (Å²) < 4.78 is 11.1. The zero-order valence-electron chi connectivity index (χ0n) is 10.4. The molecule has 5 heteroatoms. The molecule has 0 saturated heterocycles. The van der Waals surface area contributed by atoms with E-state index < -0.39 is 0 Å². The van der Waals surface area contributed by atoms with Gasteiger partial charge in [-0.1, -0.05) is 6.07 Å². The molecule has 1 heterocycles. The highest BCUT2D eigenvalue weighted by molar-refractivity contribution is 5.45. The molecule has 0 radical (unpaired) electrons. The van der Waals surface area contributed by atoms with Crippen LogP contribution in [0, 0.1) is 6.92 Å². The second kappa shape index (κ2) is 5.35. The predicted molar refractivity (Wildman–Crippen MR) is 68.9 cm³/mol. The summed E-state index contributed by atoms with van der Waals surface area (Å²) in [5.74, 6) is 2.29. The summed E-state index contributed by atoms with van der Waals surface area (Å²) in [6.07, 6.45) is 1.38. The number of nitrogen functional groups attached to an aromatic ring is 1. The maximum absolute atomic E-state index is 5.70. The number of aromatic nitrogens is 2. The molecule has 18 heavy (non-hydrogen) atoms. The molecule has 0 spiro atoms. The molecule has 0 aliphatic carbocycles. The average molecular weight is 245 g/mol. The maximum Gasteiger partial charge on any atom is 0.227 e. The lowest BCUT2D eigenvalue weighted by Gasteiger charge is -2.09. The summed E-state index contributed by atoms with van der Waals surface area (Å²) >= 11 is 0. The Balaban J connectivity index is 2.23. The van der Waals surface area contributed by atoms with Crippen LogP contribution < -0.4 is 15.2 Å². The average Bonchev–Trinajstić information content (AvgIpc) is 2.36. The molecule has 0 atom stereocenters. The van der Waals surface area contributed by atoms with Crippen molar-refractivity contribution in [1.29, 1.82) is 0 Å². The van der Waals surface area contributed by atoms with Crippen LogP contribution in [0.1, 0.15) is 12.5 Å². The molecule has 0 fully saturated rings. The molecule has 0 saturated carbocycles. The van der Waals surface area contributed by atoms with E-state index in [0.717, 1.165) is 11.3 Å². The number of benzene rings is 1. The van der Waals surface area contributed by atoms with Gasteiger partial charge in [0.2, 0.25) is 5.88 Å². The van der Waals surface area contributed by atoms with E-state index >= 15 is 0 Å². The minimum Gasteiger partial charge on any atom is -0.494 e. The van der Waals surface area contributed by atoms with Gasteiger partial charge in [-0.15, -0.1) is 0 Å². The normalized spacial score (nSPS) is 10.1. The summed E-state index contributed by atoms with van der Waals surface area (Å²) in [6, 6.07) is 7.37. The zero-order valence-corrected chi connectivity index (χ0v) is 10.4. The van der Waals surface area contributed by atoms with E-state index in [9.17, 15) is 0 Å². The minimum atomic E-state index is 0.418. The van der Waals surface area contributed by atoms with Crippen molar-refractivity contribution in [2.24, 2.45) is 0 Å². The van der Waals surface area contributed by atoms with Crippen LogP contribution in [-0.2, 0) is 0 Å². The first kappa shape index (κ1) is 12.2. The third-order valence-electron chi connectivity index (χ3n) is 2.41. The number of anilines is 1. The third kappa shape index (κ3) is 2.68. The highest BCUT2D eigenvalue weighted by atomic mass is 16.5. The van der Waals surface area contributed by atoms with Crippen molar-refractivity contribution in [2.45, 2.75) is 13.8 Å². The van der Waals surface area contributed by atoms with Gasteiger partial charge < -0.3 is 15.2 Å². The Bertz CT molecular complexity index is 544. The Hall–Kier alpha value is -2.30. The molecule has 2 aromatic rings. The van der Waals surface area contributed by atoms with Gasteiger partial charge in [-0.3, -0.25) is 0 Å². The molecular weight excluding hydrogens is 230 g/mol. The highest BCUT2D eigenvalue weighted by Crippen LogP contribution is 2.27. The van der Waals surface area contributed by atoms with Crippen molar-refractivity contribution in [1.82, 2.24) is 9.97 Å². The number of rotatable bonds is 4. The van der Waals surface area contributed by atoms with Gasteiger partial charge in [0.1, 0.15) is 23.6 Å². The Kier molecular flexibility index (Phi) is 3.62. The first-order valence-corrected chi connectivity index (χ1v) is 5.68. The summed E-state index contributed by atoms with van der Waals surface area (Å²) in [5, 5.41) is 0. The second-order valence-corrected chi connectivity index (χ2v) is 3.70. The molecule has 0 aliphatic rings. The zero-order chi connectivity index (χ0) is 13.0. The van der Waals surface area contributed by atoms with Crippen molar-refractivity contribution in [3.05, 3.63) is 36.2 Å². The van der Waals surface area contributed by atoms with E-state index in [2.05, 4.69) is 9.97 Å². The van der Waals surface area contributed by atoms with Crippen molar-refractivity contribution in [3.8, 4) is 17.4 Å². The monoisotopic (exact) mass is 245 g/mol. The van der Waals surface area contributed by atoms with Crippen LogP contribution in [0.5, 0.6) is 17.4 Å². The fourth-order valence-electron chi connectivity index (χ4n) is 1.46. The number of nitrogens with two attached hydrogens (primary N) is 1. The molecule has 0 amide bonds. The smallest absolute Gasteiger partial charge is 0.227 e. The van der Waals surface area contributed by atoms with Crippen molar-refractivity contribution in [2.75, 3.05) is 12.3 Å². The van der Waals surface area contributed by atoms with Crippen LogP contribution in [0.2, 0.25) is 0 Å². The molecule has 1 aromatic heterocycles. The van der Waals surface area contributed by atoms with E-state index in [1.165, 1.54) is 6.33 Å². The lowest BCUT2D eigenvalue weighted by atomic mass is 10.3. The van der Waals surface area contributed by atoms with Gasteiger partial charge in [-0.05, 0) is 26.0 Å². The topological polar surface area (TPSA) is 70.3 Å². The molecule has 2 rings (SSSR count). The Morgan fingerprint density at radius 3 is 2.78 bits per heavy atom. The van der Waals surface area contributed by atoms with Crippen LogP contribution in [0.4, 0.5) is 5.82 Å². The van der Waals surface area contributed by atoms with Crippen LogP contribution in [0.25, 0.3) is 0 Å². The number of hydrogen-bond donors (Lipinski definition) is 1. The van der Waals surface area contributed by atoms with Crippen molar-refractivity contribution < 1.29 is 9.47 Å². The molecule has 94 valence electrons. The number of nitrogens with zero attached hydrogens (tertiary/aromatic N) is 2. The fraction of sp³-hybridized carbons (Fsp3) is 0.231. The van der Waals surface area contributed by atoms with E-state index in [0.29, 0.717) is 24.1 Å². The van der Waals surface area contributed by atoms with E-state index in [1.807, 2.05) is 32.0 Å². The predicted octanol–water partition coefficient (Wildman–Crippen LogP) is 2.56. The first-order valence-electron chi connectivity index (χ1n) is 5.68. The van der Waals surface area contributed by atoms with Crippen LogP contribution >= 0.6 is 0 Å². The second-order valence-electron chi connectivity index (χ2n) is 3.70. The standard InChI is InChI=1S/C13H15N3O2/c1-3-17-10-5-4-6-11(7-10)18-13-9(2)12(14)15-8-16-13/h4-8H,3H2,1-2H3,(H2,14,15,16). The van der Waals surface area contributed by atoms with Crippen molar-refractivity contribution >= 4 is 5.82 Å². The van der Waals surface area contributed by atoms with Gasteiger partial charge in [0, 0.05) is 6.07 Å². The van der Waals surface area contributed by atoms with Gasteiger partial charge in [-0.25, -0.2) is 9.97 Å². The minimum absolute atomic E-state index is 0.418. The molecule has 0 bridgehead atoms. The van der Waals surface area contributed by atoms with Gasteiger partial charge in [0.05, 0.1) is 12.2 Å². The fourth-order valence-corrected chi connectivity index (χ4v) is 1.46. The first-order chi connectivity index (χ1) is 8.70. The maximum atomic E-state index is 5.70. The molecule has 0 aliphatic heterocycles. The number of ether oxygens (including phenoxy) is 2. The molecule has 2 N–H and O–H groups in total. The van der Waals surface area contributed by atoms with E-state index in [-0.39, 0.29) is 0 Å². The largest absolute Gasteiger partial charge is 0.494 e. The Morgan fingerprint density at radius 2 is 2.00 bits per heavy atom. The van der Waals surface area contributed by atoms with E-state index in [1.54, 1.807) is 6.07 Å². The summed E-state index contributed by atoms with van der Waals surface area (Å²) in [6.45, 7) is 4.36. The quantitative estimate of drug-likeness (QED) is 0.896. The molecule has 5 nitrogen and oxygen atoms in total. The lowest BCUT2D eigenvalue weighted by Crippen LogP contribution is -1.99. The van der Waals surface area contributed by atoms with Crippen LogP contribution in [0.15, 0.2) is 30.6 Å². The molecular formula is C13H15N3O2. The summed E-state index contributed by atoms with van der Waals surface area (Å²) in [5.41, 5.74) is 6.42. The van der Waals surface area contributed by atoms with Crippen molar-refractivity contribution in [3.63, 3.8) is 0 Å². The van der Waals surface area contributed by atoms with Crippen LogP contribution in [-0.4, -0.2) is 16.6 Å². The lowest BCUT2D eigenvalue weighted by molar-refractivity contribution is 0.338. The SMILES string of the molecule is CCOc1cccc(Oc2ncnc(N)c2C)c1. The van der Waals surface area contributed by atoms with E-state index in [4.69, 9.17) is 15.2 Å². The Labute approximate surface area is 106 Å². The molecule has 1 aromatic carbocycles. The molecule has 0 unspecified atom stereocenters. The summed E-state index contributed by atoms with van der Waals surface area (Å²) in [4.78, 5) is 7.95. The van der Waals surface area contributed by atoms with Gasteiger partial charge in [0.15, 0.2) is 0 Å². The number of hydrogen-bond acceptors (Lipinski definition) is 5.